The first kappa shape index (κ1) is 42.8. The molecule has 0 aliphatic carbocycles. The van der Waals surface area contributed by atoms with Gasteiger partial charge in [-0.05, 0) is 44.5 Å². The third-order valence-electron chi connectivity index (χ3n) is 11.8. The first-order valence-corrected chi connectivity index (χ1v) is 21.1. The second kappa shape index (κ2) is 15.8. The molecule has 3 aromatic heterocycles. The van der Waals surface area contributed by atoms with E-state index in [2.05, 4.69) is 24.3 Å². The van der Waals surface area contributed by atoms with Gasteiger partial charge < -0.3 is 0 Å². The van der Waals surface area contributed by atoms with E-state index in [4.69, 9.17) is 125 Å². The Morgan fingerprint density at radius 3 is 1.17 bits per heavy atom. The minimum atomic E-state index is 0.0382. The molecule has 0 N–H and O–H groups in total. The summed E-state index contributed by atoms with van der Waals surface area (Å²) in [5.41, 5.74) is 7.20. The zero-order valence-electron chi connectivity index (χ0n) is 33.7. The fourth-order valence-electron chi connectivity index (χ4n) is 8.31. The van der Waals surface area contributed by atoms with Crippen LogP contribution >= 0.6 is 22.7 Å². The minimum Gasteiger partial charge on any atom is -0.208 e. The fourth-order valence-corrected chi connectivity index (χ4v) is 10.8. The van der Waals surface area contributed by atoms with E-state index in [-0.39, 0.29) is 105 Å². The van der Waals surface area contributed by atoms with Crippen LogP contribution in [-0.2, 0) is 0 Å². The molecule has 7 aromatic carbocycles. The number of benzene rings is 7. The smallest absolute Gasteiger partial charge is 0.164 e. The molecule has 0 unspecified atom stereocenters. The van der Waals surface area contributed by atoms with Crippen molar-refractivity contribution in [3.63, 3.8) is 0 Å². The van der Waals surface area contributed by atoms with Crippen molar-refractivity contribution in [2.45, 2.75) is 0 Å². The largest absolute Gasteiger partial charge is 0.208 e. The molecule has 10 aromatic rings. The van der Waals surface area contributed by atoms with Gasteiger partial charge in [-0.2, -0.15) is 0 Å². The Bertz CT molecular complexity index is 3670. The Balaban J connectivity index is 1.27. The third-order valence-corrected chi connectivity index (χ3v) is 14.3. The Hall–Kier alpha value is -5.10. The van der Waals surface area contributed by atoms with Gasteiger partial charge in [-0.25, -0.2) is 15.0 Å². The van der Waals surface area contributed by atoms with Gasteiger partial charge in [0.1, 0.15) is 110 Å². The van der Waals surface area contributed by atoms with E-state index in [1.807, 2.05) is 54.6 Å². The van der Waals surface area contributed by atoms with Crippen molar-refractivity contribution in [3.8, 4) is 56.4 Å². The lowest BCUT2D eigenvalue weighted by Gasteiger charge is -2.20. The second-order valence-electron chi connectivity index (χ2n) is 15.4. The van der Waals surface area contributed by atoms with E-state index in [1.165, 1.54) is 22.7 Å². The van der Waals surface area contributed by atoms with Gasteiger partial charge in [-0.1, -0.05) is 122 Å². The molecule has 0 aliphatic rings. The van der Waals surface area contributed by atoms with Crippen LogP contribution in [0.1, 0.15) is 0 Å². The highest BCUT2D eigenvalue weighted by Gasteiger charge is 2.26. The molecule has 19 heteroatoms. The van der Waals surface area contributed by atoms with Gasteiger partial charge in [0.15, 0.2) is 17.5 Å². The van der Waals surface area contributed by atoms with E-state index in [9.17, 15) is 0 Å². The van der Waals surface area contributed by atoms with Gasteiger partial charge in [0.05, 0.1) is 0 Å². The number of aromatic nitrogens is 3. The van der Waals surface area contributed by atoms with Crippen LogP contribution < -0.4 is 76.5 Å². The predicted octanol–water partition coefficient (Wildman–Crippen LogP) is -3.94. The number of hydrogen-bond donors (Lipinski definition) is 0. The Morgan fingerprint density at radius 2 is 0.625 bits per heavy atom. The van der Waals surface area contributed by atoms with Crippen LogP contribution in [0.25, 0.3) is 96.8 Å². The number of hydrogen-bond acceptors (Lipinski definition) is 5. The highest BCUT2D eigenvalue weighted by molar-refractivity contribution is 7.29. The Morgan fingerprint density at radius 1 is 0.266 bits per heavy atom. The van der Waals surface area contributed by atoms with Crippen molar-refractivity contribution in [2.24, 2.45) is 0 Å². The molecule has 0 fully saturated rings. The second-order valence-corrected chi connectivity index (χ2v) is 17.4. The quantitative estimate of drug-likeness (QED) is 0.167. The van der Waals surface area contributed by atoms with Gasteiger partial charge in [-0.3, -0.25) is 0 Å². The Kier molecular flexibility index (Phi) is 10.6. The highest BCUT2D eigenvalue weighted by atomic mass is 32.1. The SMILES string of the molecule is [B]c1c([B])c([B])c2c(sc3c([B])c([B])c(-c4nc(-c5ccc(-c6cccc(-c7ccccc7)c6)cc5)nc(-c5c([B])c([B])c([B])c6sc7c([B])c([B])c([B])c([B])c7c56)n4)c([B])c32)c1[B]. The average molecular weight is 811 g/mol. The molecule has 0 atom stereocenters. The van der Waals surface area contributed by atoms with E-state index >= 15 is 0 Å². The lowest BCUT2D eigenvalue weighted by Crippen LogP contribution is -2.47. The van der Waals surface area contributed by atoms with Crippen molar-refractivity contribution in [1.82, 2.24) is 15.0 Å². The summed E-state index contributed by atoms with van der Waals surface area (Å²) in [4.78, 5) is 15.1. The summed E-state index contributed by atoms with van der Waals surface area (Å²) in [5, 5.41) is 1.81. The predicted molar refractivity (Wildman–Crippen MR) is 288 cm³/mol. The molecular formula is C45H13B14N3S2. The molecule has 0 bridgehead atoms. The lowest BCUT2D eigenvalue weighted by atomic mass is 9.64. The molecule has 10 rings (SSSR count). The van der Waals surface area contributed by atoms with Gasteiger partial charge in [0, 0.05) is 40.9 Å². The number of thiophene rings is 2. The van der Waals surface area contributed by atoms with Crippen molar-refractivity contribution >= 4 is 249 Å². The first-order chi connectivity index (χ1) is 30.6. The van der Waals surface area contributed by atoms with Crippen LogP contribution in [0.2, 0.25) is 0 Å². The van der Waals surface area contributed by atoms with Crippen molar-refractivity contribution in [1.29, 1.82) is 0 Å². The maximum absolute atomic E-state index is 7.13. The van der Waals surface area contributed by atoms with Crippen molar-refractivity contribution in [3.05, 3.63) is 78.9 Å². The van der Waals surface area contributed by atoms with Crippen LogP contribution in [0.3, 0.4) is 0 Å². The standard InChI is InChI=1S/C45H13B14N3S2/c46-25-21-22-27(48)31(52)34(55)38(59)42(22)64-41(21)35(56)29(50)24(25)45-61-43(16-11-9-15(10-12-16)18-8-4-7-17(13-18)14-5-2-1-3-6-14)60-44(62-45)23-19-20-26(47)30(51)33(54)37(58)40(20)63-39(19)36(57)32(53)28(23)49/h1-13H. The topological polar surface area (TPSA) is 38.7 Å². The zero-order chi connectivity index (χ0) is 45.2. The first-order valence-electron chi connectivity index (χ1n) is 19.5. The summed E-state index contributed by atoms with van der Waals surface area (Å²) in [6.45, 7) is 0. The van der Waals surface area contributed by atoms with E-state index in [0.717, 1.165) is 22.3 Å². The lowest BCUT2D eigenvalue weighted by molar-refractivity contribution is 1.08. The third kappa shape index (κ3) is 6.38. The molecule has 28 radical (unpaired) electrons. The van der Waals surface area contributed by atoms with Crippen LogP contribution in [-0.4, -0.2) is 125 Å². The molecule has 0 aliphatic heterocycles. The highest BCUT2D eigenvalue weighted by Crippen LogP contribution is 2.37. The van der Waals surface area contributed by atoms with Crippen LogP contribution in [0.4, 0.5) is 0 Å². The van der Waals surface area contributed by atoms with Crippen LogP contribution in [0.15, 0.2) is 78.9 Å². The zero-order valence-corrected chi connectivity index (χ0v) is 35.4. The number of fused-ring (bicyclic) bond motifs is 6. The summed E-state index contributed by atoms with van der Waals surface area (Å²) in [6.07, 6.45) is 0. The average Bonchev–Trinajstić information content (AvgIpc) is 3.92. The van der Waals surface area contributed by atoms with Gasteiger partial charge in [-0.15, -0.1) is 50.0 Å². The van der Waals surface area contributed by atoms with Crippen LogP contribution in [0, 0.1) is 0 Å². The normalized spacial score (nSPS) is 11.7. The Labute approximate surface area is 397 Å². The van der Waals surface area contributed by atoms with Gasteiger partial charge >= 0.3 is 0 Å². The molecule has 3 nitrogen and oxygen atoms in total. The van der Waals surface area contributed by atoms with Gasteiger partial charge in [0.25, 0.3) is 0 Å². The number of rotatable bonds is 5. The van der Waals surface area contributed by atoms with E-state index < -0.39 is 0 Å². The summed E-state index contributed by atoms with van der Waals surface area (Å²) >= 11 is 2.46. The summed E-state index contributed by atoms with van der Waals surface area (Å²) < 4.78 is 2.08. The molecule has 64 heavy (non-hydrogen) atoms. The summed E-state index contributed by atoms with van der Waals surface area (Å²) in [7, 11) is 92.8. The van der Waals surface area contributed by atoms with Crippen molar-refractivity contribution in [2.75, 3.05) is 0 Å². The monoisotopic (exact) mass is 813 g/mol. The van der Waals surface area contributed by atoms with Crippen molar-refractivity contribution < 1.29 is 0 Å². The van der Waals surface area contributed by atoms with E-state index in [0.29, 0.717) is 45.9 Å². The molecule has 262 valence electrons. The molecule has 0 spiro atoms. The minimum absolute atomic E-state index is 0.0382. The molecule has 0 saturated heterocycles. The maximum atomic E-state index is 7.13. The fraction of sp³-hybridized carbons (Fsp3) is 0. The van der Waals surface area contributed by atoms with Gasteiger partial charge in [0.2, 0.25) is 0 Å². The molecule has 3 heterocycles. The molecular weight excluding hydrogens is 798 g/mol. The summed E-state index contributed by atoms with van der Waals surface area (Å²) in [5.74, 6) is 0.323. The number of nitrogens with zero attached hydrogens (tertiary/aromatic N) is 3. The summed E-state index contributed by atoms with van der Waals surface area (Å²) in [6, 6.07) is 26.2. The van der Waals surface area contributed by atoms with E-state index in [1.54, 1.807) is 0 Å². The molecule has 0 amide bonds. The molecule has 0 saturated carbocycles. The van der Waals surface area contributed by atoms with Crippen LogP contribution in [0.5, 0.6) is 0 Å². The maximum Gasteiger partial charge on any atom is 0.164 e.